The van der Waals surface area contributed by atoms with Crippen molar-refractivity contribution in [2.45, 2.75) is 78.1 Å². The Balaban J connectivity index is 3.05. The second-order valence-electron chi connectivity index (χ2n) is 9.90. The zero-order valence-corrected chi connectivity index (χ0v) is 21.1. The van der Waals surface area contributed by atoms with E-state index in [1.54, 1.807) is 46.8 Å². The lowest BCUT2D eigenvalue weighted by Crippen LogP contribution is -2.62. The van der Waals surface area contributed by atoms with Gasteiger partial charge >= 0.3 is 12.1 Å². The van der Waals surface area contributed by atoms with E-state index in [-0.39, 0.29) is 18.1 Å². The number of amides is 3. The fourth-order valence-corrected chi connectivity index (χ4v) is 2.93. The zero-order chi connectivity index (χ0) is 26.3. The molecule has 0 bridgehead atoms. The molecule has 10 nitrogen and oxygen atoms in total. The van der Waals surface area contributed by atoms with E-state index in [4.69, 9.17) is 9.47 Å². The summed E-state index contributed by atoms with van der Waals surface area (Å²) in [5, 5.41) is 17.3. The first-order valence-corrected chi connectivity index (χ1v) is 11.0. The number of benzene rings is 1. The van der Waals surface area contributed by atoms with E-state index in [9.17, 15) is 24.3 Å². The Morgan fingerprint density at radius 1 is 0.971 bits per heavy atom. The molecule has 1 aromatic carbocycles. The summed E-state index contributed by atoms with van der Waals surface area (Å²) in [6.07, 6.45) is -0.709. The van der Waals surface area contributed by atoms with Crippen LogP contribution in [0.15, 0.2) is 24.3 Å². The van der Waals surface area contributed by atoms with Crippen LogP contribution >= 0.6 is 0 Å². The van der Waals surface area contributed by atoms with Crippen LogP contribution in [0.4, 0.5) is 4.79 Å². The lowest BCUT2D eigenvalue weighted by atomic mass is 9.98. The molecule has 0 radical (unpaired) electrons. The first-order chi connectivity index (χ1) is 15.6. The average Bonchev–Trinajstić information content (AvgIpc) is 2.70. The Labute approximate surface area is 200 Å². The van der Waals surface area contributed by atoms with Crippen LogP contribution in [-0.4, -0.2) is 59.3 Å². The summed E-state index contributed by atoms with van der Waals surface area (Å²) in [5.74, 6) is -1.99. The third-order valence-electron chi connectivity index (χ3n) is 4.80. The SMILES string of the molecule is COC(=O)[C@H](NC(=O)C(C)(C)NC(=O)[C@@H](Cc1ccc(O)cc1)NC(=O)OC(C)(C)C)C(C)C. The zero-order valence-electron chi connectivity index (χ0n) is 21.1. The van der Waals surface area contributed by atoms with Crippen molar-refractivity contribution in [1.29, 1.82) is 0 Å². The van der Waals surface area contributed by atoms with Gasteiger partial charge in [-0.1, -0.05) is 26.0 Å². The Morgan fingerprint density at radius 2 is 1.53 bits per heavy atom. The molecule has 0 aliphatic heterocycles. The van der Waals surface area contributed by atoms with Gasteiger partial charge in [0, 0.05) is 6.42 Å². The number of carbonyl (C=O) groups is 4. The normalized spacial score (nSPS) is 13.4. The van der Waals surface area contributed by atoms with Gasteiger partial charge in [-0.05, 0) is 58.2 Å². The van der Waals surface area contributed by atoms with Crippen LogP contribution < -0.4 is 16.0 Å². The highest BCUT2D eigenvalue weighted by atomic mass is 16.6. The largest absolute Gasteiger partial charge is 0.508 e. The number of hydrogen-bond donors (Lipinski definition) is 4. The molecule has 4 N–H and O–H groups in total. The summed E-state index contributed by atoms with van der Waals surface area (Å²) < 4.78 is 10.0. The van der Waals surface area contributed by atoms with Crippen molar-refractivity contribution >= 4 is 23.9 Å². The lowest BCUT2D eigenvalue weighted by molar-refractivity contribution is -0.147. The molecule has 34 heavy (non-hydrogen) atoms. The maximum Gasteiger partial charge on any atom is 0.408 e. The second-order valence-corrected chi connectivity index (χ2v) is 9.90. The standard InChI is InChI=1S/C24H37N3O7/c1-14(2)18(20(30)33-8)26-21(31)24(6,7)27-19(29)17(25-22(32)34-23(3,4)5)13-15-9-11-16(28)12-10-15/h9-12,14,17-18,28H,13H2,1-8H3,(H,25,32)(H,26,31)(H,27,29)/t17-,18-/m1/s1. The van der Waals surface area contributed by atoms with Crippen molar-refractivity contribution in [3.63, 3.8) is 0 Å². The molecule has 10 heteroatoms. The monoisotopic (exact) mass is 479 g/mol. The van der Waals surface area contributed by atoms with Gasteiger partial charge in [-0.3, -0.25) is 9.59 Å². The first-order valence-electron chi connectivity index (χ1n) is 11.0. The number of nitrogens with one attached hydrogen (secondary N) is 3. The summed E-state index contributed by atoms with van der Waals surface area (Å²) in [6, 6.07) is 4.21. The molecule has 0 unspecified atom stereocenters. The molecule has 1 rings (SSSR count). The molecule has 0 fully saturated rings. The molecule has 190 valence electrons. The van der Waals surface area contributed by atoms with Gasteiger partial charge < -0.3 is 30.5 Å². The number of methoxy groups -OCH3 is 1. The number of ether oxygens (including phenoxy) is 2. The highest BCUT2D eigenvalue weighted by Gasteiger charge is 2.36. The summed E-state index contributed by atoms with van der Waals surface area (Å²) in [4.78, 5) is 50.4. The van der Waals surface area contributed by atoms with Crippen molar-refractivity contribution in [2.75, 3.05) is 7.11 Å². The van der Waals surface area contributed by atoms with Gasteiger partial charge in [-0.25, -0.2) is 9.59 Å². The molecule has 0 aromatic heterocycles. The van der Waals surface area contributed by atoms with Crippen molar-refractivity contribution < 1.29 is 33.8 Å². The molecular formula is C24H37N3O7. The predicted octanol–water partition coefficient (Wildman–Crippen LogP) is 2.04. The molecule has 0 saturated heterocycles. The Bertz CT molecular complexity index is 874. The molecule has 0 aliphatic rings. The van der Waals surface area contributed by atoms with Crippen LogP contribution in [0.1, 0.15) is 54.0 Å². The second kappa shape index (κ2) is 11.7. The number of aromatic hydroxyl groups is 1. The van der Waals surface area contributed by atoms with Gasteiger partial charge in [0.1, 0.15) is 29.0 Å². The van der Waals surface area contributed by atoms with Crippen LogP contribution in [0.3, 0.4) is 0 Å². The molecule has 3 amide bonds. The maximum atomic E-state index is 13.1. The third kappa shape index (κ3) is 9.29. The third-order valence-corrected chi connectivity index (χ3v) is 4.80. The van der Waals surface area contributed by atoms with Gasteiger partial charge in [0.2, 0.25) is 11.8 Å². The maximum absolute atomic E-state index is 13.1. The van der Waals surface area contributed by atoms with Crippen LogP contribution in [0.5, 0.6) is 5.75 Å². The highest BCUT2D eigenvalue weighted by molar-refractivity contribution is 5.95. The number of hydrogen-bond acceptors (Lipinski definition) is 7. The smallest absolute Gasteiger partial charge is 0.408 e. The fourth-order valence-electron chi connectivity index (χ4n) is 2.93. The summed E-state index contributed by atoms with van der Waals surface area (Å²) in [5.41, 5.74) is -1.52. The number of alkyl carbamates (subject to hydrolysis) is 1. The number of phenolic OH excluding ortho intramolecular Hbond substituents is 1. The number of phenols is 1. The van der Waals surface area contributed by atoms with Crippen molar-refractivity contribution in [3.05, 3.63) is 29.8 Å². The van der Waals surface area contributed by atoms with E-state index < -0.39 is 47.1 Å². The van der Waals surface area contributed by atoms with Crippen molar-refractivity contribution in [3.8, 4) is 5.75 Å². The number of esters is 1. The minimum Gasteiger partial charge on any atom is -0.508 e. The van der Waals surface area contributed by atoms with Gasteiger partial charge in [-0.2, -0.15) is 0 Å². The minimum atomic E-state index is -1.42. The Morgan fingerprint density at radius 3 is 2.00 bits per heavy atom. The van der Waals surface area contributed by atoms with Crippen LogP contribution in [0, 0.1) is 5.92 Å². The van der Waals surface area contributed by atoms with Gasteiger partial charge in [0.15, 0.2) is 0 Å². The molecule has 1 aromatic rings. The van der Waals surface area contributed by atoms with E-state index >= 15 is 0 Å². The van der Waals surface area contributed by atoms with Gasteiger partial charge in [0.05, 0.1) is 7.11 Å². The van der Waals surface area contributed by atoms with E-state index in [2.05, 4.69) is 16.0 Å². The molecular weight excluding hydrogens is 442 g/mol. The molecule has 0 spiro atoms. The van der Waals surface area contributed by atoms with E-state index in [1.807, 2.05) is 0 Å². The molecule has 0 aliphatic carbocycles. The predicted molar refractivity (Wildman–Crippen MR) is 126 cm³/mol. The first kappa shape index (κ1) is 28.7. The quantitative estimate of drug-likeness (QED) is 0.397. The highest BCUT2D eigenvalue weighted by Crippen LogP contribution is 2.14. The Hall–Kier alpha value is -3.30. The topological polar surface area (TPSA) is 143 Å². The minimum absolute atomic E-state index is 0.0629. The van der Waals surface area contributed by atoms with Crippen LogP contribution in [0.2, 0.25) is 0 Å². The fraction of sp³-hybridized carbons (Fsp3) is 0.583. The van der Waals surface area contributed by atoms with Crippen LogP contribution in [0.25, 0.3) is 0 Å². The summed E-state index contributed by atoms with van der Waals surface area (Å²) in [7, 11) is 1.23. The summed E-state index contributed by atoms with van der Waals surface area (Å²) >= 11 is 0. The lowest BCUT2D eigenvalue weighted by Gasteiger charge is -2.31. The molecule has 2 atom stereocenters. The van der Waals surface area contributed by atoms with E-state index in [0.29, 0.717) is 5.56 Å². The summed E-state index contributed by atoms with van der Waals surface area (Å²) in [6.45, 7) is 11.6. The van der Waals surface area contributed by atoms with Gasteiger partial charge in [-0.15, -0.1) is 0 Å². The Kier molecular flexibility index (Phi) is 9.90. The van der Waals surface area contributed by atoms with Crippen molar-refractivity contribution in [2.24, 2.45) is 5.92 Å². The number of rotatable bonds is 9. The van der Waals surface area contributed by atoms with Crippen molar-refractivity contribution in [1.82, 2.24) is 16.0 Å². The average molecular weight is 480 g/mol. The van der Waals surface area contributed by atoms with E-state index in [0.717, 1.165) is 0 Å². The molecule has 0 saturated carbocycles. The number of carbonyl (C=O) groups excluding carboxylic acids is 4. The molecule has 0 heterocycles. The van der Waals surface area contributed by atoms with E-state index in [1.165, 1.54) is 33.1 Å². The van der Waals surface area contributed by atoms with Crippen LogP contribution in [-0.2, 0) is 30.3 Å². The van der Waals surface area contributed by atoms with Gasteiger partial charge in [0.25, 0.3) is 0 Å².